The van der Waals surface area contributed by atoms with Gasteiger partial charge in [0.1, 0.15) is 0 Å². The number of aryl methyl sites for hydroxylation is 1. The molecule has 3 heteroatoms. The highest BCUT2D eigenvalue weighted by molar-refractivity contribution is 7.90. The Kier molecular flexibility index (Phi) is 8.98. The zero-order chi connectivity index (χ0) is 12.5. The van der Waals surface area contributed by atoms with E-state index < -0.39 is 9.84 Å². The number of hydrogen-bond acceptors (Lipinski definition) is 2. The van der Waals surface area contributed by atoms with E-state index in [4.69, 9.17) is 0 Å². The summed E-state index contributed by atoms with van der Waals surface area (Å²) in [6.45, 7) is 11.8. The van der Waals surface area contributed by atoms with Gasteiger partial charge >= 0.3 is 0 Å². The zero-order valence-electron chi connectivity index (χ0n) is 9.95. The second-order valence-electron chi connectivity index (χ2n) is 2.54. The molecule has 0 atom stereocenters. The smallest absolute Gasteiger partial charge is 0.175 e. The van der Waals surface area contributed by atoms with Crippen LogP contribution >= 0.6 is 0 Å². The molecular formula is C12H20O2S. The highest BCUT2D eigenvalue weighted by Crippen LogP contribution is 2.12. The maximum absolute atomic E-state index is 11.1. The Morgan fingerprint density at radius 2 is 1.47 bits per heavy atom. The summed E-state index contributed by atoms with van der Waals surface area (Å²) >= 11 is 0. The quantitative estimate of drug-likeness (QED) is 0.692. The van der Waals surface area contributed by atoms with Crippen LogP contribution in [0, 0.1) is 6.92 Å². The minimum Gasteiger partial charge on any atom is -0.224 e. The first-order chi connectivity index (χ1) is 7.02. The van der Waals surface area contributed by atoms with Gasteiger partial charge in [-0.25, -0.2) is 8.42 Å². The molecule has 1 aromatic carbocycles. The van der Waals surface area contributed by atoms with Crippen molar-refractivity contribution in [3.8, 4) is 0 Å². The van der Waals surface area contributed by atoms with Crippen molar-refractivity contribution in [2.24, 2.45) is 0 Å². The van der Waals surface area contributed by atoms with E-state index in [1.807, 2.05) is 19.9 Å². The molecule has 15 heavy (non-hydrogen) atoms. The molecule has 0 unspecified atom stereocenters. The zero-order valence-corrected chi connectivity index (χ0v) is 10.8. The maximum atomic E-state index is 11.1. The molecule has 0 bridgehead atoms. The summed E-state index contributed by atoms with van der Waals surface area (Å²) in [5.41, 5.74) is 0.801. The van der Waals surface area contributed by atoms with E-state index in [9.17, 15) is 8.42 Å². The Morgan fingerprint density at radius 1 is 1.07 bits per heavy atom. The summed E-state index contributed by atoms with van der Waals surface area (Å²) in [7, 11) is -3.03. The van der Waals surface area contributed by atoms with E-state index in [1.165, 1.54) is 6.26 Å². The third-order valence-electron chi connectivity index (χ3n) is 1.49. The van der Waals surface area contributed by atoms with Crippen LogP contribution in [0.2, 0.25) is 0 Å². The van der Waals surface area contributed by atoms with Gasteiger partial charge in [0.05, 0.1) is 4.90 Å². The van der Waals surface area contributed by atoms with Crippen molar-refractivity contribution in [2.75, 3.05) is 6.26 Å². The standard InChI is InChI=1S/C8H10O2S.C2H6.C2H4/c1-7-5-3-4-6-8(7)11(2,9)10;2*1-2/h3-6H,1-2H3;1-2H3;1-2H2. The van der Waals surface area contributed by atoms with Crippen LogP contribution in [0.25, 0.3) is 0 Å². The first kappa shape index (κ1) is 16.3. The summed E-state index contributed by atoms with van der Waals surface area (Å²) < 4.78 is 22.1. The minimum atomic E-state index is -3.03. The van der Waals surface area contributed by atoms with Crippen molar-refractivity contribution in [3.05, 3.63) is 43.0 Å². The lowest BCUT2D eigenvalue weighted by atomic mass is 10.2. The Balaban J connectivity index is 0. The van der Waals surface area contributed by atoms with Crippen LogP contribution in [0.4, 0.5) is 0 Å². The fourth-order valence-electron chi connectivity index (χ4n) is 0.972. The molecule has 1 rings (SSSR count). The molecule has 0 amide bonds. The first-order valence-electron chi connectivity index (χ1n) is 4.77. The van der Waals surface area contributed by atoms with Crippen molar-refractivity contribution in [1.29, 1.82) is 0 Å². The maximum Gasteiger partial charge on any atom is 0.175 e. The van der Waals surface area contributed by atoms with E-state index in [0.717, 1.165) is 5.56 Å². The lowest BCUT2D eigenvalue weighted by molar-refractivity contribution is 0.601. The fourth-order valence-corrected chi connectivity index (χ4v) is 1.95. The first-order valence-corrected chi connectivity index (χ1v) is 6.66. The van der Waals surface area contributed by atoms with Crippen molar-refractivity contribution >= 4 is 9.84 Å². The molecule has 0 aliphatic rings. The van der Waals surface area contributed by atoms with Crippen LogP contribution in [0.3, 0.4) is 0 Å². The van der Waals surface area contributed by atoms with Gasteiger partial charge in [0, 0.05) is 6.26 Å². The van der Waals surface area contributed by atoms with Crippen LogP contribution in [-0.4, -0.2) is 14.7 Å². The monoisotopic (exact) mass is 228 g/mol. The van der Waals surface area contributed by atoms with Crippen molar-refractivity contribution < 1.29 is 8.42 Å². The second kappa shape index (κ2) is 8.24. The van der Waals surface area contributed by atoms with Crippen LogP contribution in [0.15, 0.2) is 42.3 Å². The van der Waals surface area contributed by atoms with Gasteiger partial charge in [0.15, 0.2) is 9.84 Å². The van der Waals surface area contributed by atoms with Crippen molar-refractivity contribution in [1.82, 2.24) is 0 Å². The topological polar surface area (TPSA) is 34.1 Å². The third-order valence-corrected chi connectivity index (χ3v) is 2.75. The van der Waals surface area contributed by atoms with E-state index in [0.29, 0.717) is 4.90 Å². The molecule has 0 saturated carbocycles. The second-order valence-corrected chi connectivity index (χ2v) is 4.52. The molecule has 0 radical (unpaired) electrons. The summed E-state index contributed by atoms with van der Waals surface area (Å²) in [6, 6.07) is 6.95. The number of sulfone groups is 1. The molecule has 0 N–H and O–H groups in total. The summed E-state index contributed by atoms with van der Waals surface area (Å²) in [4.78, 5) is 0.417. The number of hydrogen-bond donors (Lipinski definition) is 0. The Labute approximate surface area is 93.6 Å². The lowest BCUT2D eigenvalue weighted by Crippen LogP contribution is -1.98. The highest BCUT2D eigenvalue weighted by Gasteiger charge is 2.07. The summed E-state index contributed by atoms with van der Waals surface area (Å²) in [5, 5.41) is 0. The van der Waals surface area contributed by atoms with Gasteiger partial charge in [-0.2, -0.15) is 0 Å². The molecule has 0 spiro atoms. The highest BCUT2D eigenvalue weighted by atomic mass is 32.2. The Bertz CT molecular complexity index is 367. The van der Waals surface area contributed by atoms with Gasteiger partial charge < -0.3 is 0 Å². The van der Waals surface area contributed by atoms with Gasteiger partial charge in [-0.3, -0.25) is 0 Å². The van der Waals surface area contributed by atoms with E-state index in [1.54, 1.807) is 25.1 Å². The number of rotatable bonds is 1. The molecule has 0 aliphatic carbocycles. The Morgan fingerprint density at radius 3 is 1.73 bits per heavy atom. The average molecular weight is 228 g/mol. The molecule has 0 saturated heterocycles. The Hall–Kier alpha value is -1.09. The molecule has 86 valence electrons. The van der Waals surface area contributed by atoms with Gasteiger partial charge in [-0.05, 0) is 18.6 Å². The van der Waals surface area contributed by atoms with Crippen LogP contribution in [0.1, 0.15) is 19.4 Å². The lowest BCUT2D eigenvalue weighted by Gasteiger charge is -2.00. The van der Waals surface area contributed by atoms with Crippen LogP contribution in [-0.2, 0) is 9.84 Å². The fraction of sp³-hybridized carbons (Fsp3) is 0.333. The van der Waals surface area contributed by atoms with Crippen molar-refractivity contribution in [2.45, 2.75) is 25.7 Å². The largest absolute Gasteiger partial charge is 0.224 e. The minimum absolute atomic E-state index is 0.417. The van der Waals surface area contributed by atoms with E-state index in [2.05, 4.69) is 13.2 Å². The molecule has 0 aliphatic heterocycles. The third kappa shape index (κ3) is 6.07. The van der Waals surface area contributed by atoms with E-state index >= 15 is 0 Å². The SMILES string of the molecule is C=C.CC.Cc1ccccc1S(C)(=O)=O. The molecule has 0 fully saturated rings. The normalized spacial score (nSPS) is 9.07. The van der Waals surface area contributed by atoms with E-state index in [-0.39, 0.29) is 0 Å². The number of benzene rings is 1. The molecule has 1 aromatic rings. The van der Waals surface area contributed by atoms with Crippen molar-refractivity contribution in [3.63, 3.8) is 0 Å². The molecule has 0 heterocycles. The van der Waals surface area contributed by atoms with Gasteiger partial charge in [-0.15, -0.1) is 13.2 Å². The molecular weight excluding hydrogens is 208 g/mol. The predicted molar refractivity (Wildman–Crippen MR) is 66.9 cm³/mol. The van der Waals surface area contributed by atoms with Gasteiger partial charge in [0.2, 0.25) is 0 Å². The van der Waals surface area contributed by atoms with Gasteiger partial charge in [0.25, 0.3) is 0 Å². The summed E-state index contributed by atoms with van der Waals surface area (Å²) in [5.74, 6) is 0. The molecule has 2 nitrogen and oxygen atoms in total. The molecule has 0 aromatic heterocycles. The van der Waals surface area contributed by atoms with Crippen LogP contribution in [0.5, 0.6) is 0 Å². The predicted octanol–water partition coefficient (Wildman–Crippen LogP) is 3.23. The summed E-state index contributed by atoms with van der Waals surface area (Å²) in [6.07, 6.45) is 1.22. The van der Waals surface area contributed by atoms with Crippen LogP contribution < -0.4 is 0 Å². The van der Waals surface area contributed by atoms with Gasteiger partial charge in [-0.1, -0.05) is 32.0 Å². The average Bonchev–Trinajstić information content (AvgIpc) is 2.23.